The van der Waals surface area contributed by atoms with Crippen LogP contribution < -0.4 is 0 Å². The molecule has 4 N–H and O–H groups in total. The summed E-state index contributed by atoms with van der Waals surface area (Å²) < 4.78 is 25.8. The van der Waals surface area contributed by atoms with Crippen molar-refractivity contribution in [3.05, 3.63) is 0 Å². The molecular formula is C32H52O8. The van der Waals surface area contributed by atoms with Crippen LogP contribution in [0.5, 0.6) is 0 Å². The van der Waals surface area contributed by atoms with Crippen molar-refractivity contribution in [1.82, 2.24) is 0 Å². The van der Waals surface area contributed by atoms with Crippen LogP contribution in [0.25, 0.3) is 0 Å². The average molecular weight is 565 g/mol. The van der Waals surface area contributed by atoms with Gasteiger partial charge in [-0.3, -0.25) is 0 Å². The Bertz CT molecular complexity index is 953. The van der Waals surface area contributed by atoms with Gasteiger partial charge in [0.05, 0.1) is 31.5 Å². The smallest absolute Gasteiger partial charge is 0.186 e. The predicted octanol–water partition coefficient (Wildman–Crippen LogP) is 3.23. The van der Waals surface area contributed by atoms with Gasteiger partial charge in [0.2, 0.25) is 0 Å². The van der Waals surface area contributed by atoms with Gasteiger partial charge in [0, 0.05) is 12.3 Å². The van der Waals surface area contributed by atoms with Crippen LogP contribution in [0.3, 0.4) is 0 Å². The molecule has 8 nitrogen and oxygen atoms in total. The van der Waals surface area contributed by atoms with E-state index in [0.717, 1.165) is 38.7 Å². The Kier molecular flexibility index (Phi) is 7.00. The summed E-state index contributed by atoms with van der Waals surface area (Å²) in [5.41, 5.74) is 0.226. The standard InChI is InChI=1S/C32H52O8/c1-16-5-10-32(38-14-16)17(2)26-25(40-32)13-21-19-12-24(39-29-28(36)27(35)23(34)15-37-29)22-11-18(33)6-8-30(22,3)20(19)7-9-31(21,26)4/h16-29,33-36H,5-15H2,1-4H3. The molecule has 17 unspecified atom stereocenters. The maximum atomic E-state index is 10.7. The van der Waals surface area contributed by atoms with Gasteiger partial charge in [-0.1, -0.05) is 27.7 Å². The van der Waals surface area contributed by atoms with Crippen LogP contribution in [0.4, 0.5) is 0 Å². The second-order valence-corrected chi connectivity index (χ2v) is 15.6. The van der Waals surface area contributed by atoms with Crippen molar-refractivity contribution >= 4 is 0 Å². The maximum absolute atomic E-state index is 10.7. The monoisotopic (exact) mass is 564 g/mol. The van der Waals surface area contributed by atoms with Crippen LogP contribution in [-0.2, 0) is 18.9 Å². The van der Waals surface area contributed by atoms with Crippen molar-refractivity contribution in [2.75, 3.05) is 13.2 Å². The van der Waals surface area contributed by atoms with E-state index in [1.807, 2.05) is 0 Å². The first-order valence-corrected chi connectivity index (χ1v) is 16.3. The molecule has 0 aromatic heterocycles. The van der Waals surface area contributed by atoms with Gasteiger partial charge < -0.3 is 39.4 Å². The molecule has 8 heteroatoms. The molecule has 0 amide bonds. The van der Waals surface area contributed by atoms with Gasteiger partial charge >= 0.3 is 0 Å². The zero-order chi connectivity index (χ0) is 28.2. The fourth-order valence-electron chi connectivity index (χ4n) is 11.5. The highest BCUT2D eigenvalue weighted by Gasteiger charge is 2.70. The molecule has 0 aromatic rings. The molecule has 3 heterocycles. The van der Waals surface area contributed by atoms with Crippen molar-refractivity contribution in [2.24, 2.45) is 52.3 Å². The summed E-state index contributed by atoms with van der Waals surface area (Å²) in [6, 6.07) is 0. The van der Waals surface area contributed by atoms with Gasteiger partial charge in [-0.25, -0.2) is 0 Å². The Labute approximate surface area is 239 Å². The lowest BCUT2D eigenvalue weighted by Crippen LogP contribution is -2.61. The third kappa shape index (κ3) is 4.06. The highest BCUT2D eigenvalue weighted by Crippen LogP contribution is 2.71. The summed E-state index contributed by atoms with van der Waals surface area (Å²) in [6.07, 6.45) is 4.04. The zero-order valence-corrected chi connectivity index (χ0v) is 24.8. The molecule has 3 aliphatic heterocycles. The molecule has 4 saturated carbocycles. The maximum Gasteiger partial charge on any atom is 0.186 e. The Morgan fingerprint density at radius 3 is 2.30 bits per heavy atom. The van der Waals surface area contributed by atoms with E-state index in [2.05, 4.69) is 27.7 Å². The quantitative estimate of drug-likeness (QED) is 0.378. The molecule has 1 spiro atoms. The third-order valence-corrected chi connectivity index (χ3v) is 13.7. The van der Waals surface area contributed by atoms with Crippen molar-refractivity contribution in [2.45, 2.75) is 134 Å². The molecule has 7 rings (SSSR count). The molecule has 7 fully saturated rings. The number of hydrogen-bond acceptors (Lipinski definition) is 8. The predicted molar refractivity (Wildman–Crippen MR) is 146 cm³/mol. The number of aliphatic hydroxyl groups is 4. The van der Waals surface area contributed by atoms with Crippen LogP contribution in [0.1, 0.15) is 85.5 Å². The highest BCUT2D eigenvalue weighted by molar-refractivity contribution is 5.16. The summed E-state index contributed by atoms with van der Waals surface area (Å²) >= 11 is 0. The van der Waals surface area contributed by atoms with Gasteiger partial charge in [0.15, 0.2) is 12.1 Å². The summed E-state index contributed by atoms with van der Waals surface area (Å²) in [7, 11) is 0. The molecule has 7 aliphatic rings. The molecule has 0 bridgehead atoms. The van der Waals surface area contributed by atoms with E-state index in [-0.39, 0.29) is 41.7 Å². The molecule has 40 heavy (non-hydrogen) atoms. The lowest BCUT2D eigenvalue weighted by molar-refractivity contribution is -0.306. The first kappa shape index (κ1) is 28.5. The zero-order valence-electron chi connectivity index (χ0n) is 24.8. The normalized spacial score (nSPS) is 61.5. The van der Waals surface area contributed by atoms with Gasteiger partial charge in [0.1, 0.15) is 18.3 Å². The Balaban J connectivity index is 1.16. The minimum Gasteiger partial charge on any atom is -0.393 e. The van der Waals surface area contributed by atoms with Gasteiger partial charge in [-0.05, 0) is 97.7 Å². The summed E-state index contributed by atoms with van der Waals surface area (Å²) in [6.45, 7) is 10.3. The lowest BCUT2D eigenvalue weighted by Gasteiger charge is -2.63. The fourth-order valence-corrected chi connectivity index (χ4v) is 11.5. The molecule has 0 aromatic carbocycles. The molecular weight excluding hydrogens is 512 g/mol. The van der Waals surface area contributed by atoms with Crippen molar-refractivity contribution in [1.29, 1.82) is 0 Å². The van der Waals surface area contributed by atoms with E-state index in [4.69, 9.17) is 18.9 Å². The second kappa shape index (κ2) is 9.85. The van der Waals surface area contributed by atoms with E-state index in [9.17, 15) is 20.4 Å². The largest absolute Gasteiger partial charge is 0.393 e. The minimum atomic E-state index is -1.30. The van der Waals surface area contributed by atoms with Crippen LogP contribution >= 0.6 is 0 Å². The van der Waals surface area contributed by atoms with Crippen LogP contribution in [0.2, 0.25) is 0 Å². The number of rotatable bonds is 2. The summed E-state index contributed by atoms with van der Waals surface area (Å²) in [4.78, 5) is 0. The molecule has 3 saturated heterocycles. The average Bonchev–Trinajstić information content (AvgIpc) is 3.37. The Morgan fingerprint density at radius 2 is 1.55 bits per heavy atom. The van der Waals surface area contributed by atoms with Crippen LogP contribution in [-0.4, -0.2) is 82.3 Å². The first-order valence-electron chi connectivity index (χ1n) is 16.3. The topological polar surface area (TPSA) is 118 Å². The van der Waals surface area contributed by atoms with Gasteiger partial charge in [-0.15, -0.1) is 0 Å². The third-order valence-electron chi connectivity index (χ3n) is 13.7. The van der Waals surface area contributed by atoms with E-state index in [1.165, 1.54) is 19.3 Å². The molecule has 228 valence electrons. The highest BCUT2D eigenvalue weighted by atomic mass is 16.7. The van der Waals surface area contributed by atoms with Crippen molar-refractivity contribution in [3.63, 3.8) is 0 Å². The Hall–Kier alpha value is -0.320. The van der Waals surface area contributed by atoms with Crippen LogP contribution in [0, 0.1) is 52.3 Å². The summed E-state index contributed by atoms with van der Waals surface area (Å²) in [5.74, 6) is 2.79. The first-order chi connectivity index (χ1) is 19.0. The van der Waals surface area contributed by atoms with E-state index < -0.39 is 30.4 Å². The van der Waals surface area contributed by atoms with Crippen molar-refractivity contribution < 1.29 is 39.4 Å². The van der Waals surface area contributed by atoms with E-state index in [0.29, 0.717) is 41.9 Å². The molecule has 17 atom stereocenters. The number of aliphatic hydroxyl groups excluding tert-OH is 4. The Morgan fingerprint density at radius 1 is 0.775 bits per heavy atom. The number of fused-ring (bicyclic) bond motifs is 7. The fraction of sp³-hybridized carbons (Fsp3) is 1.00. The molecule has 4 aliphatic carbocycles. The number of hydrogen-bond donors (Lipinski definition) is 4. The number of ether oxygens (including phenoxy) is 4. The molecule has 0 radical (unpaired) electrons. The van der Waals surface area contributed by atoms with Crippen LogP contribution in [0.15, 0.2) is 0 Å². The van der Waals surface area contributed by atoms with Crippen molar-refractivity contribution in [3.8, 4) is 0 Å². The van der Waals surface area contributed by atoms with E-state index >= 15 is 0 Å². The minimum absolute atomic E-state index is 0.0416. The van der Waals surface area contributed by atoms with Gasteiger partial charge in [0.25, 0.3) is 0 Å². The van der Waals surface area contributed by atoms with E-state index in [1.54, 1.807) is 0 Å². The second-order valence-electron chi connectivity index (χ2n) is 15.6. The SMILES string of the molecule is CC1CCC2(OC1)OC1CC3C4CC(OC5OCC(O)C(O)C5O)C5CC(O)CCC5(C)C4CCC3(C)C1C2C. The van der Waals surface area contributed by atoms with Gasteiger partial charge in [-0.2, -0.15) is 0 Å². The lowest BCUT2D eigenvalue weighted by atomic mass is 9.43. The summed E-state index contributed by atoms with van der Waals surface area (Å²) in [5, 5.41) is 41.8.